The van der Waals surface area contributed by atoms with Crippen LogP contribution >= 0.6 is 17.8 Å². The van der Waals surface area contributed by atoms with Crippen LogP contribution in [0.4, 0.5) is 0 Å². The van der Waals surface area contributed by atoms with Crippen molar-refractivity contribution in [2.45, 2.75) is 82.2 Å². The SMILES string of the molecule is PCCC(CC1CCCCC1)(Pc1ccccc1)C1CCCCC1. The fraction of sp³-hybridized carbons (Fsp3) is 0.727. The summed E-state index contributed by atoms with van der Waals surface area (Å²) in [4.78, 5) is 0. The van der Waals surface area contributed by atoms with E-state index in [1.807, 2.05) is 0 Å². The van der Waals surface area contributed by atoms with Crippen LogP contribution in [0.5, 0.6) is 0 Å². The van der Waals surface area contributed by atoms with Crippen molar-refractivity contribution in [1.29, 1.82) is 0 Å². The molecule has 0 radical (unpaired) electrons. The Morgan fingerprint density at radius 1 is 0.875 bits per heavy atom. The number of hydrogen-bond acceptors (Lipinski definition) is 0. The highest BCUT2D eigenvalue weighted by Gasteiger charge is 2.40. The van der Waals surface area contributed by atoms with Gasteiger partial charge in [-0.25, -0.2) is 0 Å². The monoisotopic (exact) mass is 362 g/mol. The minimum atomic E-state index is 0.589. The summed E-state index contributed by atoms with van der Waals surface area (Å²) in [6.45, 7) is 0. The third-order valence-electron chi connectivity index (χ3n) is 6.52. The van der Waals surface area contributed by atoms with Crippen LogP contribution in [0, 0.1) is 11.8 Å². The van der Waals surface area contributed by atoms with E-state index in [9.17, 15) is 0 Å². The Kier molecular flexibility index (Phi) is 7.61. The van der Waals surface area contributed by atoms with Gasteiger partial charge in [0, 0.05) is 0 Å². The minimum Gasteiger partial charge on any atom is -0.138 e. The topological polar surface area (TPSA) is 0 Å². The molecule has 0 bridgehead atoms. The molecule has 0 saturated heterocycles. The summed E-state index contributed by atoms with van der Waals surface area (Å²) in [6.07, 6.45) is 19.1. The zero-order chi connectivity index (χ0) is 16.7. The summed E-state index contributed by atoms with van der Waals surface area (Å²) in [5, 5.41) is 2.20. The van der Waals surface area contributed by atoms with Crippen LogP contribution in [-0.2, 0) is 0 Å². The molecule has 2 heteroatoms. The summed E-state index contributed by atoms with van der Waals surface area (Å²) >= 11 is 0. The molecule has 3 atom stereocenters. The first kappa shape index (κ1) is 18.9. The maximum atomic E-state index is 3.05. The molecular weight excluding hydrogens is 326 g/mol. The van der Waals surface area contributed by atoms with Crippen molar-refractivity contribution >= 4 is 23.1 Å². The Morgan fingerprint density at radius 2 is 1.50 bits per heavy atom. The molecule has 0 amide bonds. The van der Waals surface area contributed by atoms with E-state index in [-0.39, 0.29) is 0 Å². The fourth-order valence-electron chi connectivity index (χ4n) is 5.32. The molecule has 0 spiro atoms. The number of benzene rings is 1. The lowest BCUT2D eigenvalue weighted by Gasteiger charge is -2.46. The van der Waals surface area contributed by atoms with Crippen molar-refractivity contribution in [3.8, 4) is 0 Å². The summed E-state index contributed by atoms with van der Waals surface area (Å²) < 4.78 is 0. The lowest BCUT2D eigenvalue weighted by atomic mass is 9.72. The molecule has 2 aliphatic carbocycles. The molecule has 1 aromatic rings. The van der Waals surface area contributed by atoms with Crippen LogP contribution in [-0.4, -0.2) is 11.3 Å². The first-order valence-electron chi connectivity index (χ1n) is 10.4. The summed E-state index contributed by atoms with van der Waals surface area (Å²) in [6, 6.07) is 11.4. The maximum Gasteiger partial charge on any atom is -0.00476 e. The lowest BCUT2D eigenvalue weighted by molar-refractivity contribution is 0.211. The van der Waals surface area contributed by atoms with Crippen molar-refractivity contribution in [3.63, 3.8) is 0 Å². The summed E-state index contributed by atoms with van der Waals surface area (Å²) in [7, 11) is 4.07. The van der Waals surface area contributed by atoms with E-state index >= 15 is 0 Å². The Hall–Kier alpha value is 0.0800. The van der Waals surface area contributed by atoms with E-state index in [2.05, 4.69) is 39.6 Å². The van der Waals surface area contributed by atoms with Gasteiger partial charge in [0.1, 0.15) is 0 Å². The van der Waals surface area contributed by atoms with E-state index in [1.165, 1.54) is 83.2 Å². The average molecular weight is 362 g/mol. The third kappa shape index (κ3) is 5.05. The molecule has 2 aliphatic rings. The van der Waals surface area contributed by atoms with Crippen molar-refractivity contribution in [2.75, 3.05) is 6.16 Å². The van der Waals surface area contributed by atoms with Gasteiger partial charge in [-0.2, -0.15) is 0 Å². The third-order valence-corrected chi connectivity index (χ3v) is 8.79. The fourth-order valence-corrected chi connectivity index (χ4v) is 8.21. The predicted octanol–water partition coefficient (Wildman–Crippen LogP) is 6.55. The summed E-state index contributed by atoms with van der Waals surface area (Å²) in [5.41, 5.74) is 0. The molecule has 3 unspecified atom stereocenters. The molecule has 0 heterocycles. The molecule has 2 saturated carbocycles. The molecule has 0 aromatic heterocycles. The zero-order valence-corrected chi connectivity index (χ0v) is 17.5. The highest BCUT2D eigenvalue weighted by atomic mass is 31.1. The van der Waals surface area contributed by atoms with Crippen LogP contribution in [0.15, 0.2) is 30.3 Å². The van der Waals surface area contributed by atoms with Crippen molar-refractivity contribution in [1.82, 2.24) is 0 Å². The maximum absolute atomic E-state index is 3.05. The molecule has 0 N–H and O–H groups in total. The highest BCUT2D eigenvalue weighted by molar-refractivity contribution is 7.49. The largest absolute Gasteiger partial charge is 0.138 e. The molecule has 0 nitrogen and oxygen atoms in total. The van der Waals surface area contributed by atoms with Crippen LogP contribution < -0.4 is 5.30 Å². The van der Waals surface area contributed by atoms with Gasteiger partial charge in [-0.1, -0.05) is 90.3 Å². The normalized spacial score (nSPS) is 23.5. The van der Waals surface area contributed by atoms with Gasteiger partial charge in [-0.3, -0.25) is 0 Å². The van der Waals surface area contributed by atoms with E-state index < -0.39 is 0 Å². The van der Waals surface area contributed by atoms with Gasteiger partial charge < -0.3 is 0 Å². The van der Waals surface area contributed by atoms with Gasteiger partial charge in [0.15, 0.2) is 0 Å². The van der Waals surface area contributed by atoms with Crippen LogP contribution in [0.1, 0.15) is 77.0 Å². The lowest BCUT2D eigenvalue weighted by Crippen LogP contribution is -2.39. The molecular formula is C22H36P2. The molecule has 3 rings (SSSR count). The predicted molar refractivity (Wildman–Crippen MR) is 114 cm³/mol. The van der Waals surface area contributed by atoms with Gasteiger partial charge in [0.25, 0.3) is 0 Å². The second kappa shape index (κ2) is 9.69. The van der Waals surface area contributed by atoms with Crippen molar-refractivity contribution < 1.29 is 0 Å². The first-order chi connectivity index (χ1) is 11.8. The standard InChI is InChI=1S/C22H36P2/c23-17-16-22(20-12-6-2-7-13-20,18-19-10-4-1-5-11-19)24-21-14-8-3-9-15-21/h3,8-9,14-15,19-20,24H,1-2,4-7,10-13,16-18,23H2. The zero-order valence-electron chi connectivity index (χ0n) is 15.3. The number of rotatable bonds is 7. The van der Waals surface area contributed by atoms with E-state index in [0.29, 0.717) is 5.16 Å². The number of hydrogen-bond donors (Lipinski definition) is 0. The Balaban J connectivity index is 1.82. The smallest absolute Gasteiger partial charge is 0.00476 e. The average Bonchev–Trinajstić information content (AvgIpc) is 2.64. The van der Waals surface area contributed by atoms with E-state index in [0.717, 1.165) is 20.4 Å². The first-order valence-corrected chi connectivity index (χ1v) is 12.2. The van der Waals surface area contributed by atoms with Crippen LogP contribution in [0.2, 0.25) is 0 Å². The molecule has 1 aromatic carbocycles. The molecule has 0 aliphatic heterocycles. The molecule has 134 valence electrons. The van der Waals surface area contributed by atoms with Crippen LogP contribution in [0.3, 0.4) is 0 Å². The molecule has 24 heavy (non-hydrogen) atoms. The second-order valence-corrected chi connectivity index (χ2v) is 10.6. The van der Waals surface area contributed by atoms with E-state index in [1.54, 1.807) is 5.30 Å². The second-order valence-electron chi connectivity index (χ2n) is 8.23. The van der Waals surface area contributed by atoms with Gasteiger partial charge in [-0.05, 0) is 54.1 Å². The van der Waals surface area contributed by atoms with Gasteiger partial charge in [-0.15, -0.1) is 9.24 Å². The van der Waals surface area contributed by atoms with Gasteiger partial charge >= 0.3 is 0 Å². The van der Waals surface area contributed by atoms with Crippen LogP contribution in [0.25, 0.3) is 0 Å². The van der Waals surface area contributed by atoms with Crippen molar-refractivity contribution in [3.05, 3.63) is 30.3 Å². The van der Waals surface area contributed by atoms with Gasteiger partial charge in [0.05, 0.1) is 0 Å². The highest BCUT2D eigenvalue weighted by Crippen LogP contribution is 2.52. The minimum absolute atomic E-state index is 0.589. The quantitative estimate of drug-likeness (QED) is 0.483. The Bertz CT molecular complexity index is 460. The molecule has 2 fully saturated rings. The van der Waals surface area contributed by atoms with Gasteiger partial charge in [0.2, 0.25) is 0 Å². The van der Waals surface area contributed by atoms with E-state index in [4.69, 9.17) is 0 Å². The Morgan fingerprint density at radius 3 is 2.12 bits per heavy atom. The Labute approximate surface area is 154 Å². The summed E-state index contributed by atoms with van der Waals surface area (Å²) in [5.74, 6) is 1.99. The van der Waals surface area contributed by atoms with Crippen molar-refractivity contribution in [2.24, 2.45) is 11.8 Å².